The molecule has 3 heterocycles. The average Bonchev–Trinajstić information content (AvgIpc) is 3.21. The summed E-state index contributed by atoms with van der Waals surface area (Å²) in [6.07, 6.45) is 8.99. The third-order valence-corrected chi connectivity index (χ3v) is 4.92. The molecule has 1 N–H and O–H groups in total. The molecule has 7 heteroatoms. The van der Waals surface area contributed by atoms with Crippen molar-refractivity contribution in [3.63, 3.8) is 0 Å². The van der Waals surface area contributed by atoms with Gasteiger partial charge in [0.25, 0.3) is 5.91 Å². The molecule has 7 nitrogen and oxygen atoms in total. The molecule has 0 aromatic carbocycles. The highest BCUT2D eigenvalue weighted by atomic mass is 16.1. The van der Waals surface area contributed by atoms with E-state index in [1.54, 1.807) is 24.1 Å². The predicted octanol–water partition coefficient (Wildman–Crippen LogP) is 0.815. The number of fused-ring (bicyclic) bond motifs is 1. The third-order valence-electron chi connectivity index (χ3n) is 4.92. The fraction of sp³-hybridized carbons (Fsp3) is 0.588. The van der Waals surface area contributed by atoms with Crippen LogP contribution in [0, 0.1) is 5.92 Å². The van der Waals surface area contributed by atoms with Crippen LogP contribution in [0.3, 0.4) is 0 Å². The molecule has 1 amide bonds. The molecule has 1 aliphatic carbocycles. The summed E-state index contributed by atoms with van der Waals surface area (Å²) in [7, 11) is 1.81. The summed E-state index contributed by atoms with van der Waals surface area (Å²) in [6, 6.07) is 0. The first kappa shape index (κ1) is 15.4. The van der Waals surface area contributed by atoms with Crippen LogP contribution in [0.1, 0.15) is 34.7 Å². The fourth-order valence-corrected chi connectivity index (χ4v) is 3.34. The minimum Gasteiger partial charge on any atom is -0.346 e. The number of hydrogen-bond acceptors (Lipinski definition) is 4. The summed E-state index contributed by atoms with van der Waals surface area (Å²) in [6.45, 7) is 4.86. The Morgan fingerprint density at radius 3 is 2.92 bits per heavy atom. The minimum absolute atomic E-state index is 0.0948. The standard InChI is InChI=1S/C17H24N6O/c1-21-12-14(8-20-21)17(24)19-10-15-9-18-16-4-5-22(6-7-23(15)16)11-13-2-3-13/h8-9,12-13H,2-7,10-11H2,1H3,(H,19,24). The van der Waals surface area contributed by atoms with Gasteiger partial charge in [-0.15, -0.1) is 0 Å². The molecule has 1 saturated carbocycles. The minimum atomic E-state index is -0.0948. The van der Waals surface area contributed by atoms with Crippen molar-refractivity contribution >= 4 is 5.91 Å². The number of amides is 1. The Hall–Kier alpha value is -2.15. The number of hydrogen-bond donors (Lipinski definition) is 1. The van der Waals surface area contributed by atoms with Gasteiger partial charge in [0.05, 0.1) is 30.2 Å². The molecule has 0 spiro atoms. The molecule has 1 aliphatic heterocycles. The molecule has 1 fully saturated rings. The highest BCUT2D eigenvalue weighted by molar-refractivity contribution is 5.93. The Balaban J connectivity index is 1.37. The van der Waals surface area contributed by atoms with Crippen molar-refractivity contribution in [2.75, 3.05) is 19.6 Å². The summed E-state index contributed by atoms with van der Waals surface area (Å²) >= 11 is 0. The van der Waals surface area contributed by atoms with Crippen LogP contribution in [0.4, 0.5) is 0 Å². The van der Waals surface area contributed by atoms with E-state index in [0.717, 1.165) is 43.5 Å². The average molecular weight is 328 g/mol. The first-order chi connectivity index (χ1) is 11.7. The van der Waals surface area contributed by atoms with Gasteiger partial charge >= 0.3 is 0 Å². The van der Waals surface area contributed by atoms with Gasteiger partial charge in [-0.05, 0) is 18.8 Å². The molecule has 0 bridgehead atoms. The topological polar surface area (TPSA) is 68.0 Å². The smallest absolute Gasteiger partial charge is 0.254 e. The molecule has 24 heavy (non-hydrogen) atoms. The van der Waals surface area contributed by atoms with Crippen LogP contribution in [0.5, 0.6) is 0 Å². The number of carbonyl (C=O) groups excluding carboxylic acids is 1. The Bertz CT molecular complexity index is 729. The van der Waals surface area contributed by atoms with Crippen molar-refractivity contribution < 1.29 is 4.79 Å². The Morgan fingerprint density at radius 1 is 1.29 bits per heavy atom. The number of aryl methyl sites for hydroxylation is 1. The zero-order valence-corrected chi connectivity index (χ0v) is 14.1. The summed E-state index contributed by atoms with van der Waals surface area (Å²) in [5.41, 5.74) is 1.67. The maximum absolute atomic E-state index is 12.2. The molecule has 2 aliphatic rings. The summed E-state index contributed by atoms with van der Waals surface area (Å²) in [4.78, 5) is 19.3. The summed E-state index contributed by atoms with van der Waals surface area (Å²) < 4.78 is 3.91. The molecular weight excluding hydrogens is 304 g/mol. The molecule has 0 atom stereocenters. The van der Waals surface area contributed by atoms with E-state index in [0.29, 0.717) is 12.1 Å². The molecule has 0 saturated heterocycles. The summed E-state index contributed by atoms with van der Waals surface area (Å²) in [5.74, 6) is 1.97. The molecule has 2 aromatic rings. The monoisotopic (exact) mass is 328 g/mol. The number of aromatic nitrogens is 4. The molecule has 0 radical (unpaired) electrons. The van der Waals surface area contributed by atoms with Gasteiger partial charge in [-0.2, -0.15) is 5.10 Å². The van der Waals surface area contributed by atoms with Gasteiger partial charge in [-0.1, -0.05) is 0 Å². The van der Waals surface area contributed by atoms with E-state index in [-0.39, 0.29) is 5.91 Å². The van der Waals surface area contributed by atoms with Crippen LogP contribution in [0.15, 0.2) is 18.6 Å². The SMILES string of the molecule is Cn1cc(C(=O)NCc2cnc3n2CCN(CC2CC2)CC3)cn1. The third kappa shape index (κ3) is 3.36. The van der Waals surface area contributed by atoms with Gasteiger partial charge in [-0.3, -0.25) is 9.48 Å². The summed E-state index contributed by atoms with van der Waals surface area (Å²) in [5, 5.41) is 7.01. The predicted molar refractivity (Wildman–Crippen MR) is 89.5 cm³/mol. The van der Waals surface area contributed by atoms with Crippen LogP contribution in [0.25, 0.3) is 0 Å². The first-order valence-corrected chi connectivity index (χ1v) is 8.71. The lowest BCUT2D eigenvalue weighted by atomic mass is 10.3. The van der Waals surface area contributed by atoms with E-state index in [4.69, 9.17) is 0 Å². The largest absolute Gasteiger partial charge is 0.346 e. The lowest BCUT2D eigenvalue weighted by Crippen LogP contribution is -2.29. The normalized spacial score (nSPS) is 18.2. The molecule has 2 aromatic heterocycles. The Kier molecular flexibility index (Phi) is 4.10. The van der Waals surface area contributed by atoms with E-state index in [9.17, 15) is 4.79 Å². The molecular formula is C17H24N6O. The molecule has 0 unspecified atom stereocenters. The number of carbonyl (C=O) groups is 1. The number of imidazole rings is 1. The Labute approximate surface area is 141 Å². The van der Waals surface area contributed by atoms with Gasteiger partial charge in [0.2, 0.25) is 0 Å². The van der Waals surface area contributed by atoms with Crippen LogP contribution in [-0.2, 0) is 26.6 Å². The van der Waals surface area contributed by atoms with Crippen LogP contribution >= 0.6 is 0 Å². The van der Waals surface area contributed by atoms with Crippen molar-refractivity contribution in [2.24, 2.45) is 13.0 Å². The lowest BCUT2D eigenvalue weighted by Gasteiger charge is -2.19. The second kappa shape index (κ2) is 6.39. The second-order valence-electron chi connectivity index (χ2n) is 6.90. The number of nitrogens with zero attached hydrogens (tertiary/aromatic N) is 5. The molecule has 128 valence electrons. The van der Waals surface area contributed by atoms with Crippen LogP contribution in [0.2, 0.25) is 0 Å². The zero-order chi connectivity index (χ0) is 16.5. The second-order valence-corrected chi connectivity index (χ2v) is 6.90. The Morgan fingerprint density at radius 2 is 2.17 bits per heavy atom. The van der Waals surface area contributed by atoms with Crippen LogP contribution < -0.4 is 5.32 Å². The number of rotatable bonds is 5. The first-order valence-electron chi connectivity index (χ1n) is 8.71. The van der Waals surface area contributed by atoms with E-state index >= 15 is 0 Å². The van der Waals surface area contributed by atoms with Crippen molar-refractivity contribution in [3.05, 3.63) is 35.7 Å². The van der Waals surface area contributed by atoms with Gasteiger partial charge in [0.1, 0.15) is 5.82 Å². The maximum Gasteiger partial charge on any atom is 0.254 e. The van der Waals surface area contributed by atoms with Gasteiger partial charge in [-0.25, -0.2) is 4.98 Å². The zero-order valence-electron chi connectivity index (χ0n) is 14.1. The highest BCUT2D eigenvalue weighted by Gasteiger charge is 2.26. The van der Waals surface area contributed by atoms with E-state index in [1.807, 2.05) is 6.20 Å². The van der Waals surface area contributed by atoms with Gasteiger partial charge in [0, 0.05) is 45.8 Å². The van der Waals surface area contributed by atoms with Crippen molar-refractivity contribution in [1.82, 2.24) is 29.5 Å². The van der Waals surface area contributed by atoms with Crippen LogP contribution in [-0.4, -0.2) is 49.8 Å². The van der Waals surface area contributed by atoms with E-state index in [2.05, 4.69) is 24.9 Å². The van der Waals surface area contributed by atoms with E-state index < -0.39 is 0 Å². The number of nitrogens with one attached hydrogen (secondary N) is 1. The molecule has 4 rings (SSSR count). The van der Waals surface area contributed by atoms with Gasteiger partial charge in [0.15, 0.2) is 0 Å². The van der Waals surface area contributed by atoms with Gasteiger partial charge < -0.3 is 14.8 Å². The quantitative estimate of drug-likeness (QED) is 0.882. The van der Waals surface area contributed by atoms with E-state index in [1.165, 1.54) is 19.4 Å². The van der Waals surface area contributed by atoms with Crippen molar-refractivity contribution in [3.8, 4) is 0 Å². The fourth-order valence-electron chi connectivity index (χ4n) is 3.34. The highest BCUT2D eigenvalue weighted by Crippen LogP contribution is 2.30. The lowest BCUT2D eigenvalue weighted by molar-refractivity contribution is 0.0950. The maximum atomic E-state index is 12.2. The van der Waals surface area contributed by atoms with Crippen molar-refractivity contribution in [1.29, 1.82) is 0 Å². The van der Waals surface area contributed by atoms with Crippen molar-refractivity contribution in [2.45, 2.75) is 32.4 Å².